The van der Waals surface area contributed by atoms with Gasteiger partial charge in [-0.25, -0.2) is 9.59 Å². The van der Waals surface area contributed by atoms with Crippen LogP contribution >= 0.6 is 0 Å². The number of rotatable bonds is 5. The topological polar surface area (TPSA) is 230 Å². The van der Waals surface area contributed by atoms with Crippen LogP contribution in [0.2, 0.25) is 0 Å². The number of nitrogens with one attached hydrogen (secondary N) is 2. The predicted octanol–water partition coefficient (Wildman–Crippen LogP) is -4.23. The minimum absolute atomic E-state index is 0. The highest BCUT2D eigenvalue weighted by molar-refractivity contribution is 7.83. The van der Waals surface area contributed by atoms with E-state index in [0.29, 0.717) is 0 Å². The average molecular weight is 452 g/mol. The molecule has 2 aromatic rings. The van der Waals surface area contributed by atoms with E-state index in [9.17, 15) is 33.6 Å². The molecule has 2 rings (SSSR count). The summed E-state index contributed by atoms with van der Waals surface area (Å²) in [6.45, 7) is 2.46. The van der Waals surface area contributed by atoms with Crippen molar-refractivity contribution in [1.82, 2.24) is 19.1 Å². The summed E-state index contributed by atoms with van der Waals surface area (Å²) in [4.78, 5) is 50.1. The van der Waals surface area contributed by atoms with Crippen molar-refractivity contribution in [1.29, 1.82) is 0 Å². The van der Waals surface area contributed by atoms with Crippen LogP contribution in [0.5, 0.6) is 0 Å². The molecular formula is C16H28N4O9S. The van der Waals surface area contributed by atoms with Gasteiger partial charge < -0.3 is 21.2 Å². The molecule has 2 atom stereocenters. The van der Waals surface area contributed by atoms with Crippen molar-refractivity contribution in [3.05, 3.63) is 65.2 Å². The Morgan fingerprint density at radius 2 is 1.10 bits per heavy atom. The molecule has 2 heterocycles. The van der Waals surface area contributed by atoms with Gasteiger partial charge >= 0.3 is 11.4 Å². The molecule has 0 aromatic carbocycles. The Balaban J connectivity index is 0. The Hall–Kier alpha value is -2.65. The van der Waals surface area contributed by atoms with Gasteiger partial charge in [-0.05, 0) is 13.8 Å². The second kappa shape index (κ2) is 12.8. The monoisotopic (exact) mass is 452 g/mol. The van der Waals surface area contributed by atoms with E-state index in [2.05, 4.69) is 9.97 Å². The number of hydrogen-bond acceptors (Lipinski definition) is 7. The average Bonchev–Trinajstić information content (AvgIpc) is 2.56. The summed E-state index contributed by atoms with van der Waals surface area (Å²) in [5, 5.41) is 20.1. The molecule has 13 nitrogen and oxygen atoms in total. The molecule has 0 saturated heterocycles. The third-order valence-electron chi connectivity index (χ3n) is 3.59. The van der Waals surface area contributed by atoms with Crippen LogP contribution < -0.4 is 22.5 Å². The summed E-state index contributed by atoms with van der Waals surface area (Å²) in [5.74, 6) is 0. The van der Waals surface area contributed by atoms with E-state index in [1.54, 1.807) is 12.5 Å². The molecule has 2 aromatic heterocycles. The van der Waals surface area contributed by atoms with Gasteiger partial charge in [0.1, 0.15) is 0 Å². The second-order valence-corrected chi connectivity index (χ2v) is 7.81. The molecule has 0 spiro atoms. The van der Waals surface area contributed by atoms with Crippen molar-refractivity contribution in [3.8, 4) is 0 Å². The van der Waals surface area contributed by atoms with E-state index in [1.807, 2.05) is 0 Å². The lowest BCUT2D eigenvalue weighted by molar-refractivity contribution is -0.00152. The van der Waals surface area contributed by atoms with Crippen molar-refractivity contribution in [2.45, 2.75) is 39.1 Å². The number of aromatic nitrogens is 4. The number of nitrogens with zero attached hydrogens (tertiary/aromatic N) is 2. The van der Waals surface area contributed by atoms with Crippen LogP contribution in [0.25, 0.3) is 0 Å². The van der Waals surface area contributed by atoms with Gasteiger partial charge in [-0.3, -0.25) is 32.9 Å². The standard InChI is InChI=1S/C14H18N4O6.C2H6OS.2H2O/c1-7-3-17(13(23)15-11(7)21)5-9(19)10(20)6-18-4-8(2)12(22)16-14(18)24;1-4(2)3;;/h3-4,9-10,19-20H,5-6H2,1-2H3,(H,15,21,23)(H,16,22,24);1-2H3;2*1H2/t9-,10-;;;/m1.../s1. The number of aliphatic hydroxyl groups is 2. The molecule has 0 saturated carbocycles. The Labute approximate surface area is 172 Å². The quantitative estimate of drug-likeness (QED) is 0.349. The van der Waals surface area contributed by atoms with Crippen LogP contribution in [-0.2, 0) is 23.9 Å². The number of hydrogen-bond donors (Lipinski definition) is 4. The molecule has 0 unspecified atom stereocenters. The third-order valence-corrected chi connectivity index (χ3v) is 3.59. The zero-order valence-electron chi connectivity index (χ0n) is 17.0. The summed E-state index contributed by atoms with van der Waals surface area (Å²) in [5.41, 5.74) is -1.92. The lowest BCUT2D eigenvalue weighted by Crippen LogP contribution is -2.41. The Kier molecular flexibility index (Phi) is 12.6. The third kappa shape index (κ3) is 8.79. The fourth-order valence-electron chi connectivity index (χ4n) is 2.15. The van der Waals surface area contributed by atoms with Crippen LogP contribution in [0.3, 0.4) is 0 Å². The van der Waals surface area contributed by atoms with Gasteiger partial charge in [-0.2, -0.15) is 0 Å². The number of aromatic amines is 2. The van der Waals surface area contributed by atoms with Gasteiger partial charge in [0, 0.05) is 46.8 Å². The molecule has 30 heavy (non-hydrogen) atoms. The molecular weight excluding hydrogens is 424 g/mol. The van der Waals surface area contributed by atoms with Crippen LogP contribution in [0.4, 0.5) is 0 Å². The van der Waals surface area contributed by atoms with Gasteiger partial charge in [0.2, 0.25) is 0 Å². The minimum Gasteiger partial charge on any atom is -0.412 e. The maximum Gasteiger partial charge on any atom is 0.328 e. The second-order valence-electron chi connectivity index (χ2n) is 6.32. The maximum atomic E-state index is 11.7. The zero-order valence-corrected chi connectivity index (χ0v) is 17.8. The first-order chi connectivity index (χ1) is 12.9. The molecule has 0 aliphatic rings. The molecule has 0 fully saturated rings. The van der Waals surface area contributed by atoms with E-state index < -0.39 is 45.5 Å². The van der Waals surface area contributed by atoms with Crippen molar-refractivity contribution >= 4 is 10.8 Å². The molecule has 0 amide bonds. The van der Waals surface area contributed by atoms with E-state index in [4.69, 9.17) is 0 Å². The van der Waals surface area contributed by atoms with E-state index in [0.717, 1.165) is 9.13 Å². The number of aliphatic hydroxyl groups excluding tert-OH is 2. The van der Waals surface area contributed by atoms with Crippen LogP contribution in [0, 0.1) is 13.8 Å². The molecule has 8 N–H and O–H groups in total. The Morgan fingerprint density at radius 3 is 1.37 bits per heavy atom. The number of H-pyrrole nitrogens is 2. The lowest BCUT2D eigenvalue weighted by atomic mass is 10.2. The SMILES string of the molecule is CS(C)=O.Cc1cn(C[C@@H](O)[C@H](O)Cn2cc(C)c(=O)[nH]c2=O)c(=O)[nH]c1=O.O.O. The molecule has 14 heteroatoms. The van der Waals surface area contributed by atoms with Gasteiger partial charge in [0.15, 0.2) is 0 Å². The van der Waals surface area contributed by atoms with Gasteiger partial charge in [0.25, 0.3) is 11.1 Å². The van der Waals surface area contributed by atoms with E-state index in [1.165, 1.54) is 26.2 Å². The van der Waals surface area contributed by atoms with Crippen LogP contribution in [0.15, 0.2) is 31.6 Å². The molecule has 0 radical (unpaired) electrons. The highest BCUT2D eigenvalue weighted by Crippen LogP contribution is 2.00. The van der Waals surface area contributed by atoms with Gasteiger partial charge in [-0.1, -0.05) is 0 Å². The molecule has 0 aliphatic heterocycles. The first kappa shape index (κ1) is 29.6. The molecule has 0 bridgehead atoms. The zero-order chi connectivity index (χ0) is 21.6. The minimum atomic E-state index is -1.37. The van der Waals surface area contributed by atoms with Gasteiger partial charge in [-0.15, -0.1) is 0 Å². The fourth-order valence-corrected chi connectivity index (χ4v) is 2.15. The fraction of sp³-hybridized carbons (Fsp3) is 0.500. The summed E-state index contributed by atoms with van der Waals surface area (Å²) in [7, 11) is -0.611. The van der Waals surface area contributed by atoms with E-state index in [-0.39, 0.29) is 35.2 Å². The Bertz CT molecular complexity index is 986. The molecule has 172 valence electrons. The largest absolute Gasteiger partial charge is 0.412 e. The first-order valence-electron chi connectivity index (χ1n) is 8.14. The first-order valence-corrected chi connectivity index (χ1v) is 10.1. The highest BCUT2D eigenvalue weighted by Gasteiger charge is 2.19. The molecule has 0 aliphatic carbocycles. The maximum absolute atomic E-state index is 11.7. The van der Waals surface area contributed by atoms with Crippen molar-refractivity contribution < 1.29 is 25.4 Å². The van der Waals surface area contributed by atoms with Crippen LogP contribution in [-0.4, -0.2) is 69.2 Å². The van der Waals surface area contributed by atoms with Gasteiger partial charge in [0.05, 0.1) is 25.3 Å². The van der Waals surface area contributed by atoms with Crippen molar-refractivity contribution in [2.75, 3.05) is 12.5 Å². The van der Waals surface area contributed by atoms with E-state index >= 15 is 0 Å². The Morgan fingerprint density at radius 1 is 0.833 bits per heavy atom. The van der Waals surface area contributed by atoms with Crippen molar-refractivity contribution in [2.24, 2.45) is 0 Å². The summed E-state index contributed by atoms with van der Waals surface area (Å²) < 4.78 is 11.7. The van der Waals surface area contributed by atoms with Crippen molar-refractivity contribution in [3.63, 3.8) is 0 Å². The summed E-state index contributed by atoms with van der Waals surface area (Å²) in [6.07, 6.45) is 3.08. The number of aryl methyl sites for hydroxylation is 2. The van der Waals surface area contributed by atoms with Crippen LogP contribution in [0.1, 0.15) is 11.1 Å². The lowest BCUT2D eigenvalue weighted by Gasteiger charge is -2.19. The predicted molar refractivity (Wildman–Crippen MR) is 111 cm³/mol. The highest BCUT2D eigenvalue weighted by atomic mass is 32.2. The normalized spacial score (nSPS) is 12.1. The smallest absolute Gasteiger partial charge is 0.328 e. The summed E-state index contributed by atoms with van der Waals surface area (Å²) >= 11 is 0. The summed E-state index contributed by atoms with van der Waals surface area (Å²) in [6, 6.07) is 0.